The van der Waals surface area contributed by atoms with Gasteiger partial charge in [0.2, 0.25) is 0 Å². The summed E-state index contributed by atoms with van der Waals surface area (Å²) in [6.45, 7) is 4.46. The summed E-state index contributed by atoms with van der Waals surface area (Å²) in [5.41, 5.74) is 1.77. The molecule has 2 heterocycles. The number of hydrogen-bond acceptors (Lipinski definition) is 5. The van der Waals surface area contributed by atoms with Crippen molar-refractivity contribution in [1.29, 1.82) is 0 Å². The van der Waals surface area contributed by atoms with Gasteiger partial charge in [0.25, 0.3) is 0 Å². The first-order valence-corrected chi connectivity index (χ1v) is 12.3. The van der Waals surface area contributed by atoms with Crippen molar-refractivity contribution in [2.75, 3.05) is 53.6 Å². The summed E-state index contributed by atoms with van der Waals surface area (Å²) in [6, 6.07) is 12.0. The summed E-state index contributed by atoms with van der Waals surface area (Å²) >= 11 is 11.9. The van der Waals surface area contributed by atoms with Crippen molar-refractivity contribution in [2.24, 2.45) is 0 Å². The molecule has 3 N–H and O–H groups in total. The van der Waals surface area contributed by atoms with E-state index >= 15 is 0 Å². The van der Waals surface area contributed by atoms with Crippen LogP contribution < -0.4 is 25.6 Å². The number of rotatable bonds is 6. The van der Waals surface area contributed by atoms with Gasteiger partial charge >= 0.3 is 12.1 Å². The van der Waals surface area contributed by atoms with Crippen LogP contribution in [0, 0.1) is 5.82 Å². The fourth-order valence-corrected chi connectivity index (χ4v) is 4.20. The van der Waals surface area contributed by atoms with E-state index in [1.807, 2.05) is 12.1 Å². The van der Waals surface area contributed by atoms with Gasteiger partial charge in [0.15, 0.2) is 5.82 Å². The third kappa shape index (κ3) is 6.93. The monoisotopic (exact) mass is 546 g/mol. The summed E-state index contributed by atoms with van der Waals surface area (Å²) in [7, 11) is 0. The molecular formula is C25H25Cl2FN6O3. The number of benzene rings is 2. The van der Waals surface area contributed by atoms with Gasteiger partial charge in [0.1, 0.15) is 11.6 Å². The van der Waals surface area contributed by atoms with Crippen molar-refractivity contribution in [3.8, 4) is 5.75 Å². The predicted octanol–water partition coefficient (Wildman–Crippen LogP) is 5.92. The van der Waals surface area contributed by atoms with E-state index in [1.54, 1.807) is 24.0 Å². The number of hydrogen-bond donors (Lipinski definition) is 3. The normalized spacial score (nSPS) is 13.2. The number of pyridine rings is 1. The largest absolute Gasteiger partial charge is 0.492 e. The van der Waals surface area contributed by atoms with E-state index < -0.39 is 11.8 Å². The first kappa shape index (κ1) is 26.3. The van der Waals surface area contributed by atoms with Crippen LogP contribution in [-0.4, -0.2) is 54.7 Å². The number of piperazine rings is 1. The fraction of sp³-hybridized carbons (Fsp3) is 0.240. The molecule has 12 heteroatoms. The molecule has 0 radical (unpaired) electrons. The maximum Gasteiger partial charge on any atom is 0.323 e. The minimum absolute atomic E-state index is 0.243. The number of aromatic nitrogens is 1. The Balaban J connectivity index is 1.28. The van der Waals surface area contributed by atoms with Gasteiger partial charge in [-0.15, -0.1) is 0 Å². The molecule has 1 aliphatic heterocycles. The van der Waals surface area contributed by atoms with Gasteiger partial charge in [0, 0.05) is 49.8 Å². The molecule has 0 unspecified atom stereocenters. The number of halogens is 3. The molecule has 1 aliphatic rings. The number of anilines is 4. The molecule has 2 aromatic carbocycles. The second-order valence-corrected chi connectivity index (χ2v) is 8.93. The van der Waals surface area contributed by atoms with Crippen molar-refractivity contribution in [3.05, 3.63) is 70.6 Å². The zero-order chi connectivity index (χ0) is 26.4. The molecule has 0 saturated carbocycles. The summed E-state index contributed by atoms with van der Waals surface area (Å²) in [4.78, 5) is 32.9. The summed E-state index contributed by atoms with van der Waals surface area (Å²) in [5, 5.41) is 8.71. The molecule has 1 aromatic heterocycles. The Morgan fingerprint density at radius 1 is 1.00 bits per heavy atom. The Hall–Kier alpha value is -3.76. The second-order valence-electron chi connectivity index (χ2n) is 8.09. The van der Waals surface area contributed by atoms with Crippen LogP contribution in [0.5, 0.6) is 5.75 Å². The maximum absolute atomic E-state index is 13.6. The van der Waals surface area contributed by atoms with Gasteiger partial charge in [-0.1, -0.05) is 23.2 Å². The van der Waals surface area contributed by atoms with Crippen LogP contribution in [0.4, 0.5) is 36.9 Å². The van der Waals surface area contributed by atoms with Gasteiger partial charge in [-0.05, 0) is 49.4 Å². The number of urea groups is 2. The Labute approximate surface area is 223 Å². The smallest absolute Gasteiger partial charge is 0.323 e. The van der Waals surface area contributed by atoms with Crippen LogP contribution in [0.2, 0.25) is 10.0 Å². The number of ether oxygens (including phenoxy) is 1. The highest BCUT2D eigenvalue weighted by molar-refractivity contribution is 6.36. The van der Waals surface area contributed by atoms with Crippen LogP contribution in [0.3, 0.4) is 0 Å². The minimum Gasteiger partial charge on any atom is -0.492 e. The van der Waals surface area contributed by atoms with E-state index in [1.165, 1.54) is 30.5 Å². The zero-order valence-electron chi connectivity index (χ0n) is 19.9. The van der Waals surface area contributed by atoms with Crippen molar-refractivity contribution < 1.29 is 18.7 Å². The summed E-state index contributed by atoms with van der Waals surface area (Å²) in [5.74, 6) is 0.165. The third-order valence-electron chi connectivity index (χ3n) is 5.58. The molecule has 0 spiro atoms. The van der Waals surface area contributed by atoms with E-state index in [-0.39, 0.29) is 22.6 Å². The fourth-order valence-electron chi connectivity index (χ4n) is 3.78. The average Bonchev–Trinajstić information content (AvgIpc) is 2.88. The lowest BCUT2D eigenvalue weighted by Crippen LogP contribution is -2.50. The molecule has 0 bridgehead atoms. The molecule has 3 aromatic rings. The van der Waals surface area contributed by atoms with Crippen molar-refractivity contribution in [3.63, 3.8) is 0 Å². The molecular weight excluding hydrogens is 522 g/mol. The van der Waals surface area contributed by atoms with E-state index in [9.17, 15) is 14.0 Å². The number of carbonyl (C=O) groups is 2. The predicted molar refractivity (Wildman–Crippen MR) is 144 cm³/mol. The highest BCUT2D eigenvalue weighted by atomic mass is 35.5. The second kappa shape index (κ2) is 12.0. The molecule has 9 nitrogen and oxygen atoms in total. The highest BCUT2D eigenvalue weighted by Gasteiger charge is 2.22. The van der Waals surface area contributed by atoms with Crippen molar-refractivity contribution >= 4 is 58.1 Å². The summed E-state index contributed by atoms with van der Waals surface area (Å²) < 4.78 is 19.0. The van der Waals surface area contributed by atoms with E-state index in [0.29, 0.717) is 49.2 Å². The Bertz CT molecular complexity index is 1270. The lowest BCUT2D eigenvalue weighted by molar-refractivity contribution is 0.208. The summed E-state index contributed by atoms with van der Waals surface area (Å²) in [6.07, 6.45) is 1.42. The number of amides is 4. The third-order valence-corrected chi connectivity index (χ3v) is 6.07. The number of nitrogens with one attached hydrogen (secondary N) is 3. The minimum atomic E-state index is -0.519. The first-order valence-electron chi connectivity index (χ1n) is 11.5. The molecule has 37 heavy (non-hydrogen) atoms. The van der Waals surface area contributed by atoms with Crippen LogP contribution in [-0.2, 0) is 0 Å². The Morgan fingerprint density at radius 2 is 1.73 bits per heavy atom. The molecule has 0 aliphatic carbocycles. The lowest BCUT2D eigenvalue weighted by atomic mass is 10.2. The SMILES string of the molecule is CCOc1ccc(F)cc1NC(=O)Nc1ccc(N2CCN(C(=O)Nc3ncc(Cl)cc3Cl)CC2)cc1. The van der Waals surface area contributed by atoms with Gasteiger partial charge in [-0.3, -0.25) is 5.32 Å². The van der Waals surface area contributed by atoms with Crippen LogP contribution in [0.25, 0.3) is 0 Å². The number of nitrogens with zero attached hydrogens (tertiary/aromatic N) is 3. The van der Waals surface area contributed by atoms with Gasteiger partial charge in [0.05, 0.1) is 22.3 Å². The van der Waals surface area contributed by atoms with Crippen molar-refractivity contribution in [1.82, 2.24) is 9.88 Å². The molecule has 194 valence electrons. The first-order chi connectivity index (χ1) is 17.8. The highest BCUT2D eigenvalue weighted by Crippen LogP contribution is 2.26. The van der Waals surface area contributed by atoms with E-state index in [2.05, 4.69) is 25.8 Å². The number of carbonyl (C=O) groups excluding carboxylic acids is 2. The Kier molecular flexibility index (Phi) is 8.52. The quantitative estimate of drug-likeness (QED) is 0.356. The van der Waals surface area contributed by atoms with E-state index in [0.717, 1.165) is 5.69 Å². The lowest BCUT2D eigenvalue weighted by Gasteiger charge is -2.36. The van der Waals surface area contributed by atoms with Crippen LogP contribution in [0.1, 0.15) is 6.92 Å². The molecule has 1 fully saturated rings. The van der Waals surface area contributed by atoms with Crippen LogP contribution in [0.15, 0.2) is 54.7 Å². The van der Waals surface area contributed by atoms with Gasteiger partial charge in [-0.25, -0.2) is 19.0 Å². The Morgan fingerprint density at radius 3 is 2.41 bits per heavy atom. The standard InChI is InChI=1S/C25H25Cl2FN6O3/c1-2-37-22-8-3-17(28)14-21(22)31-24(35)30-18-4-6-19(7-5-18)33-9-11-34(12-10-33)25(36)32-23-20(27)13-16(26)15-29-23/h3-8,13-15H,2,9-12H2,1H3,(H,29,32,36)(H2,30,31,35). The van der Waals surface area contributed by atoms with Crippen LogP contribution >= 0.6 is 23.2 Å². The van der Waals surface area contributed by atoms with Gasteiger partial charge in [-0.2, -0.15) is 0 Å². The average molecular weight is 547 g/mol. The zero-order valence-corrected chi connectivity index (χ0v) is 21.4. The molecule has 4 rings (SSSR count). The molecule has 1 saturated heterocycles. The molecule has 0 atom stereocenters. The van der Waals surface area contributed by atoms with Gasteiger partial charge < -0.3 is 25.2 Å². The topological polar surface area (TPSA) is 98.8 Å². The maximum atomic E-state index is 13.6. The van der Waals surface area contributed by atoms with E-state index in [4.69, 9.17) is 27.9 Å². The molecule has 4 amide bonds. The van der Waals surface area contributed by atoms with Crippen molar-refractivity contribution in [2.45, 2.75) is 6.92 Å².